The third kappa shape index (κ3) is 18.1. The van der Waals surface area contributed by atoms with E-state index in [4.69, 9.17) is 15.3 Å². The number of aliphatic carboxylic acids is 2. The van der Waals surface area contributed by atoms with Crippen LogP contribution in [0.5, 0.6) is 0 Å². The summed E-state index contributed by atoms with van der Waals surface area (Å²) in [4.78, 5) is 21.4. The minimum Gasteiger partial charge on any atom is -0.481 e. The molecule has 1 unspecified atom stereocenters. The van der Waals surface area contributed by atoms with E-state index in [2.05, 4.69) is 0 Å². The number of hydrogen-bond acceptors (Lipinski definition) is 4. The van der Waals surface area contributed by atoms with E-state index < -0.39 is 24.5 Å². The zero-order chi connectivity index (χ0) is 11.0. The summed E-state index contributed by atoms with van der Waals surface area (Å²) in [6.45, 7) is 0. The molecule has 13 heavy (non-hydrogen) atoms. The van der Waals surface area contributed by atoms with E-state index in [0.29, 0.717) is 0 Å². The first kappa shape index (κ1) is 14.4. The molecule has 78 valence electrons. The van der Waals surface area contributed by atoms with Gasteiger partial charge in [-0.15, -0.1) is 0 Å². The Labute approximate surface area is 76.4 Å². The standard InChI is InChI=1S/C4H6O5.C3H9N/c5-2(4(8)9)1-3(6)7;1-4(2)3/h2,5H,1H2,(H,6,7)(H,8,9);1-3H3. The number of carboxylic acid groups (broad SMARTS) is 2. The Kier molecular flexibility index (Phi) is 8.31. The molecule has 6 heteroatoms. The lowest BCUT2D eigenvalue weighted by molar-refractivity contribution is -0.152. The highest BCUT2D eigenvalue weighted by Gasteiger charge is 2.16. The molecule has 0 radical (unpaired) electrons. The van der Waals surface area contributed by atoms with Crippen LogP contribution >= 0.6 is 0 Å². The van der Waals surface area contributed by atoms with E-state index in [0.717, 1.165) is 0 Å². The van der Waals surface area contributed by atoms with E-state index in [1.165, 1.54) is 0 Å². The second kappa shape index (κ2) is 7.51. The summed E-state index contributed by atoms with van der Waals surface area (Å²) < 4.78 is 0. The summed E-state index contributed by atoms with van der Waals surface area (Å²) in [6.07, 6.45) is -2.54. The predicted molar refractivity (Wildman–Crippen MR) is 45.5 cm³/mol. The molecule has 0 saturated heterocycles. The highest BCUT2D eigenvalue weighted by atomic mass is 16.4. The maximum absolute atomic E-state index is 9.72. The molecule has 0 fully saturated rings. The fraction of sp³-hybridized carbons (Fsp3) is 0.714. The highest BCUT2D eigenvalue weighted by molar-refractivity contribution is 5.79. The molecule has 3 N–H and O–H groups in total. The molecule has 0 aromatic heterocycles. The Morgan fingerprint density at radius 3 is 1.62 bits per heavy atom. The van der Waals surface area contributed by atoms with E-state index in [1.54, 1.807) is 0 Å². The van der Waals surface area contributed by atoms with Crippen LogP contribution < -0.4 is 0 Å². The molecule has 0 aliphatic carbocycles. The van der Waals surface area contributed by atoms with Crippen molar-refractivity contribution in [3.05, 3.63) is 0 Å². The van der Waals surface area contributed by atoms with Crippen LogP contribution in [0.4, 0.5) is 0 Å². The Morgan fingerprint density at radius 2 is 1.54 bits per heavy atom. The predicted octanol–water partition coefficient (Wildman–Crippen LogP) is -0.916. The summed E-state index contributed by atoms with van der Waals surface area (Å²) in [7, 11) is 6.00. The van der Waals surface area contributed by atoms with Gasteiger partial charge in [-0.1, -0.05) is 0 Å². The summed E-state index contributed by atoms with van der Waals surface area (Å²) in [6, 6.07) is 0. The third-order valence-electron chi connectivity index (χ3n) is 0.653. The van der Waals surface area contributed by atoms with Gasteiger partial charge < -0.3 is 20.2 Å². The number of aliphatic hydroxyl groups excluding tert-OH is 1. The van der Waals surface area contributed by atoms with Gasteiger partial charge in [-0.05, 0) is 21.1 Å². The second-order valence-electron chi connectivity index (χ2n) is 2.79. The molecule has 0 bridgehead atoms. The monoisotopic (exact) mass is 193 g/mol. The van der Waals surface area contributed by atoms with Crippen molar-refractivity contribution in [3.63, 3.8) is 0 Å². The largest absolute Gasteiger partial charge is 0.481 e. The Balaban J connectivity index is 0. The van der Waals surface area contributed by atoms with Crippen LogP contribution in [-0.4, -0.2) is 59.4 Å². The van der Waals surface area contributed by atoms with Gasteiger partial charge in [0, 0.05) is 0 Å². The Bertz CT molecular complexity index is 166. The van der Waals surface area contributed by atoms with Crippen molar-refractivity contribution in [2.75, 3.05) is 21.1 Å². The zero-order valence-corrected chi connectivity index (χ0v) is 7.89. The summed E-state index contributed by atoms with van der Waals surface area (Å²) in [5.74, 6) is -2.85. The summed E-state index contributed by atoms with van der Waals surface area (Å²) in [5.41, 5.74) is 0. The van der Waals surface area contributed by atoms with E-state index in [9.17, 15) is 9.59 Å². The molecular formula is C7H15NO5. The SMILES string of the molecule is CN(C)C.O=C(O)CC(O)C(=O)O. The number of carboxylic acids is 2. The van der Waals surface area contributed by atoms with Gasteiger partial charge in [0.2, 0.25) is 0 Å². The molecule has 0 heterocycles. The lowest BCUT2D eigenvalue weighted by Gasteiger charge is -1.97. The van der Waals surface area contributed by atoms with Gasteiger partial charge in [-0.2, -0.15) is 0 Å². The van der Waals surface area contributed by atoms with Gasteiger partial charge in [-0.25, -0.2) is 4.79 Å². The molecule has 6 nitrogen and oxygen atoms in total. The molecule has 1 atom stereocenters. The van der Waals surface area contributed by atoms with Gasteiger partial charge in [0.25, 0.3) is 0 Å². The van der Waals surface area contributed by atoms with Crippen molar-refractivity contribution < 1.29 is 24.9 Å². The zero-order valence-electron chi connectivity index (χ0n) is 7.89. The maximum Gasteiger partial charge on any atom is 0.333 e. The molecule has 0 aromatic carbocycles. The van der Waals surface area contributed by atoms with Crippen molar-refractivity contribution in [2.45, 2.75) is 12.5 Å². The average molecular weight is 193 g/mol. The average Bonchev–Trinajstić information content (AvgIpc) is 1.83. The van der Waals surface area contributed by atoms with Crippen LogP contribution in [0.3, 0.4) is 0 Å². The lowest BCUT2D eigenvalue weighted by Crippen LogP contribution is -2.22. The van der Waals surface area contributed by atoms with Crippen molar-refractivity contribution in [1.82, 2.24) is 4.90 Å². The van der Waals surface area contributed by atoms with Crippen molar-refractivity contribution in [1.29, 1.82) is 0 Å². The topological polar surface area (TPSA) is 98.1 Å². The van der Waals surface area contributed by atoms with Crippen molar-refractivity contribution >= 4 is 11.9 Å². The fourth-order valence-electron chi connectivity index (χ4n) is 0.253. The minimum absolute atomic E-state index is 0.755. The molecule has 0 rings (SSSR count). The number of aliphatic hydroxyl groups is 1. The molecular weight excluding hydrogens is 178 g/mol. The number of carbonyl (C=O) groups is 2. The molecule has 0 aromatic rings. The number of nitrogens with zero attached hydrogens (tertiary/aromatic N) is 1. The molecule has 0 amide bonds. The second-order valence-corrected chi connectivity index (χ2v) is 2.79. The van der Waals surface area contributed by atoms with E-state index >= 15 is 0 Å². The number of rotatable bonds is 3. The molecule has 0 aliphatic heterocycles. The van der Waals surface area contributed by atoms with E-state index in [-0.39, 0.29) is 0 Å². The van der Waals surface area contributed by atoms with Gasteiger partial charge in [0.1, 0.15) is 0 Å². The molecule has 0 saturated carbocycles. The minimum atomic E-state index is -1.79. The Hall–Kier alpha value is -1.14. The van der Waals surface area contributed by atoms with Gasteiger partial charge >= 0.3 is 11.9 Å². The van der Waals surface area contributed by atoms with Gasteiger partial charge in [-0.3, -0.25) is 4.79 Å². The molecule has 0 aliphatic rings. The molecule has 0 spiro atoms. The first-order valence-electron chi connectivity index (χ1n) is 3.51. The van der Waals surface area contributed by atoms with E-state index in [1.807, 2.05) is 26.0 Å². The highest BCUT2D eigenvalue weighted by Crippen LogP contribution is 1.89. The van der Waals surface area contributed by atoms with Crippen LogP contribution in [0.25, 0.3) is 0 Å². The summed E-state index contributed by atoms with van der Waals surface area (Å²) in [5, 5.41) is 24.1. The first-order valence-corrected chi connectivity index (χ1v) is 3.51. The van der Waals surface area contributed by atoms with Crippen molar-refractivity contribution in [2.24, 2.45) is 0 Å². The lowest BCUT2D eigenvalue weighted by atomic mass is 10.3. The first-order chi connectivity index (χ1) is 5.77. The third-order valence-corrected chi connectivity index (χ3v) is 0.653. The number of hydrogen-bond donors (Lipinski definition) is 3. The quantitative estimate of drug-likeness (QED) is 0.536. The van der Waals surface area contributed by atoms with Crippen molar-refractivity contribution in [3.8, 4) is 0 Å². The van der Waals surface area contributed by atoms with Crippen LogP contribution in [0.1, 0.15) is 6.42 Å². The smallest absolute Gasteiger partial charge is 0.333 e. The van der Waals surface area contributed by atoms with Crippen LogP contribution in [0.15, 0.2) is 0 Å². The van der Waals surface area contributed by atoms with Crippen LogP contribution in [0.2, 0.25) is 0 Å². The Morgan fingerprint density at radius 1 is 1.23 bits per heavy atom. The van der Waals surface area contributed by atoms with Crippen LogP contribution in [0, 0.1) is 0 Å². The van der Waals surface area contributed by atoms with Crippen LogP contribution in [-0.2, 0) is 9.59 Å². The normalized spacial score (nSPS) is 11.5. The van der Waals surface area contributed by atoms with Gasteiger partial charge in [0.15, 0.2) is 6.10 Å². The maximum atomic E-state index is 9.72. The van der Waals surface area contributed by atoms with Gasteiger partial charge in [0.05, 0.1) is 6.42 Å². The fourth-order valence-corrected chi connectivity index (χ4v) is 0.253. The summed E-state index contributed by atoms with van der Waals surface area (Å²) >= 11 is 0.